The first kappa shape index (κ1) is 33.4. The van der Waals surface area contributed by atoms with Crippen molar-refractivity contribution in [2.24, 2.45) is 11.8 Å². The Morgan fingerprint density at radius 1 is 0.976 bits per heavy atom. The molecule has 2 aromatic rings. The summed E-state index contributed by atoms with van der Waals surface area (Å²) in [4.78, 5) is 53.7. The van der Waals surface area contributed by atoms with Crippen LogP contribution in [0.15, 0.2) is 42.5 Å². The van der Waals surface area contributed by atoms with Gasteiger partial charge in [0.15, 0.2) is 15.6 Å². The molecule has 2 atom stereocenters. The predicted octanol–water partition coefficient (Wildman–Crippen LogP) is 5.23. The lowest BCUT2D eigenvalue weighted by atomic mass is 9.85. The number of carbonyl (C=O) groups excluding carboxylic acids is 4. The maximum atomic E-state index is 13.7. The topological polar surface area (TPSA) is 123 Å². The number of hydrazine groups is 1. The van der Waals surface area contributed by atoms with E-state index in [-0.39, 0.29) is 53.9 Å². The summed E-state index contributed by atoms with van der Waals surface area (Å²) >= 11 is 11.6. The van der Waals surface area contributed by atoms with Gasteiger partial charge in [0.25, 0.3) is 5.91 Å². The minimum absolute atomic E-state index is 0.0406. The van der Waals surface area contributed by atoms with E-state index in [0.717, 1.165) is 18.5 Å². The van der Waals surface area contributed by atoms with Gasteiger partial charge in [-0.05, 0) is 87.5 Å². The van der Waals surface area contributed by atoms with Crippen LogP contribution in [0.2, 0.25) is 22.1 Å². The summed E-state index contributed by atoms with van der Waals surface area (Å²) in [6.45, 7) is 5.08. The predicted molar refractivity (Wildman–Crippen MR) is 159 cm³/mol. The summed E-state index contributed by atoms with van der Waals surface area (Å²) in [6.07, 6.45) is 1.62. The zero-order valence-corrected chi connectivity index (χ0v) is 26.2. The molecule has 2 aromatic carbocycles. The number of amides is 3. The van der Waals surface area contributed by atoms with Crippen molar-refractivity contribution in [3.8, 4) is 5.75 Å². The van der Waals surface area contributed by atoms with Crippen molar-refractivity contribution >= 4 is 55.9 Å². The van der Waals surface area contributed by atoms with E-state index in [4.69, 9.17) is 32.7 Å². The highest BCUT2D eigenvalue weighted by atomic mass is 35.5. The van der Waals surface area contributed by atoms with Gasteiger partial charge < -0.3 is 14.5 Å². The van der Waals surface area contributed by atoms with Crippen LogP contribution in [0.1, 0.15) is 56.8 Å². The minimum Gasteiger partial charge on any atom is -0.484 e. The van der Waals surface area contributed by atoms with Gasteiger partial charge in [0.05, 0.1) is 5.02 Å². The second-order valence-electron chi connectivity index (χ2n) is 11.1. The van der Waals surface area contributed by atoms with Gasteiger partial charge in [-0.3, -0.25) is 30.0 Å². The minimum atomic E-state index is -1.48. The van der Waals surface area contributed by atoms with Crippen molar-refractivity contribution in [2.45, 2.75) is 64.1 Å². The van der Waals surface area contributed by atoms with Crippen molar-refractivity contribution in [2.75, 3.05) is 6.61 Å². The average Bonchev–Trinajstić information content (AvgIpc) is 3.08. The molecule has 3 amide bonds. The van der Waals surface area contributed by atoms with Gasteiger partial charge in [-0.2, -0.15) is 0 Å². The molecule has 1 saturated heterocycles. The highest BCUT2D eigenvalue weighted by molar-refractivity contribution is 6.59. The Bertz CT molecular complexity index is 1280. The lowest BCUT2D eigenvalue weighted by Gasteiger charge is -2.27. The molecule has 1 heterocycles. The molecule has 3 rings (SSSR count). The monoisotopic (exact) mass is 638 g/mol. The first-order chi connectivity index (χ1) is 19.8. The Balaban J connectivity index is 1.62. The lowest BCUT2D eigenvalue weighted by Crippen LogP contribution is -2.44. The molecule has 1 aliphatic rings. The second-order valence-corrected chi connectivity index (χ2v) is 14.3. The molecule has 1 aliphatic heterocycles. The van der Waals surface area contributed by atoms with E-state index in [0.29, 0.717) is 23.1 Å². The summed E-state index contributed by atoms with van der Waals surface area (Å²) in [5.74, 6) is -2.48. The standard InChI is InChI=1S/C29H35Cl2FN3O6Si/c1-29(2,3)41-27(38)14-19-5-4-12-42(35-26(37)16-40-22-10-11-23(31)24(32)15-22)17-20(19)13-25(36)33-34-28(39)18-6-8-21(30)9-7-18/h6-11,15,19-20H,4-5,12-14,16-17H2,1-3H3,(H,33,36)(H,34,39)(H,35,37). The highest BCUT2D eigenvalue weighted by Gasteiger charge is 2.34. The van der Waals surface area contributed by atoms with Crippen molar-refractivity contribution in [3.05, 3.63) is 63.9 Å². The summed E-state index contributed by atoms with van der Waals surface area (Å²) in [5, 5.41) is 0.436. The van der Waals surface area contributed by atoms with E-state index in [1.807, 2.05) is 0 Å². The van der Waals surface area contributed by atoms with Crippen LogP contribution >= 0.6 is 23.2 Å². The average molecular weight is 640 g/mol. The van der Waals surface area contributed by atoms with E-state index in [1.165, 1.54) is 24.3 Å². The van der Waals surface area contributed by atoms with Crippen molar-refractivity contribution in [1.29, 1.82) is 0 Å². The Morgan fingerprint density at radius 3 is 2.36 bits per heavy atom. The normalized spacial score (nSPS) is 17.5. The number of benzene rings is 2. The zero-order valence-electron chi connectivity index (χ0n) is 23.7. The van der Waals surface area contributed by atoms with Crippen molar-refractivity contribution < 1.29 is 33.0 Å². The van der Waals surface area contributed by atoms with Crippen LogP contribution < -0.4 is 20.6 Å². The van der Waals surface area contributed by atoms with Crippen LogP contribution in [0.25, 0.3) is 0 Å². The number of halogens is 3. The third-order valence-corrected chi connectivity index (χ3v) is 9.69. The molecule has 3 N–H and O–H groups in total. The molecule has 0 aromatic heterocycles. The van der Waals surface area contributed by atoms with Crippen LogP contribution in [-0.4, -0.2) is 44.9 Å². The van der Waals surface area contributed by atoms with Gasteiger partial charge >= 0.3 is 5.97 Å². The molecule has 1 fully saturated rings. The smallest absolute Gasteiger partial charge is 0.306 e. The zero-order chi connectivity index (χ0) is 30.9. The SMILES string of the molecule is CC(C)(C)OC(=O)CC1CCC[Si](NC(=O)COc2ccc(Cl)c(F)c2)CC1CC(=O)NNC(=O)c1ccc(Cl)cc1. The Labute approximate surface area is 256 Å². The Morgan fingerprint density at radius 2 is 1.69 bits per heavy atom. The van der Waals surface area contributed by atoms with Gasteiger partial charge in [-0.25, -0.2) is 4.39 Å². The van der Waals surface area contributed by atoms with Crippen LogP contribution in [-0.2, 0) is 19.1 Å². The van der Waals surface area contributed by atoms with E-state index < -0.39 is 32.2 Å². The molecule has 0 bridgehead atoms. The van der Waals surface area contributed by atoms with Crippen molar-refractivity contribution in [1.82, 2.24) is 15.8 Å². The number of hydrogen-bond donors (Lipinski definition) is 3. The number of carbonyl (C=O) groups is 4. The van der Waals surface area contributed by atoms with Gasteiger partial charge in [0.1, 0.15) is 17.2 Å². The maximum Gasteiger partial charge on any atom is 0.306 e. The fraction of sp³-hybridized carbons (Fsp3) is 0.448. The molecule has 13 heteroatoms. The molecular weight excluding hydrogens is 604 g/mol. The van der Waals surface area contributed by atoms with Crippen LogP contribution in [0, 0.1) is 17.7 Å². The molecule has 0 saturated carbocycles. The summed E-state index contributed by atoms with van der Waals surface area (Å²) in [6, 6.07) is 11.4. The molecule has 0 spiro atoms. The van der Waals surface area contributed by atoms with Gasteiger partial charge in [0.2, 0.25) is 11.8 Å². The van der Waals surface area contributed by atoms with E-state index in [9.17, 15) is 23.6 Å². The number of rotatable bonds is 9. The van der Waals surface area contributed by atoms with Gasteiger partial charge in [-0.15, -0.1) is 0 Å². The number of nitrogens with one attached hydrogen (secondary N) is 3. The van der Waals surface area contributed by atoms with Crippen LogP contribution in [0.5, 0.6) is 5.75 Å². The molecule has 1 radical (unpaired) electrons. The largest absolute Gasteiger partial charge is 0.484 e. The maximum absolute atomic E-state index is 13.7. The van der Waals surface area contributed by atoms with E-state index in [2.05, 4.69) is 15.8 Å². The third-order valence-electron chi connectivity index (χ3n) is 6.52. The summed E-state index contributed by atoms with van der Waals surface area (Å²) in [5.41, 5.74) is 4.55. The quantitative estimate of drug-likeness (QED) is 0.196. The van der Waals surface area contributed by atoms with E-state index in [1.54, 1.807) is 32.9 Å². The summed E-state index contributed by atoms with van der Waals surface area (Å²) in [7, 11) is -1.48. The van der Waals surface area contributed by atoms with Gasteiger partial charge in [-0.1, -0.05) is 29.6 Å². The molecular formula is C29H35Cl2FN3O6Si. The van der Waals surface area contributed by atoms with E-state index >= 15 is 0 Å². The molecule has 2 unspecified atom stereocenters. The first-order valence-electron chi connectivity index (χ1n) is 13.6. The third kappa shape index (κ3) is 11.3. The number of ether oxygens (including phenoxy) is 2. The van der Waals surface area contributed by atoms with Crippen LogP contribution in [0.3, 0.4) is 0 Å². The second kappa shape index (κ2) is 15.4. The molecule has 227 valence electrons. The lowest BCUT2D eigenvalue weighted by molar-refractivity contribution is -0.156. The fourth-order valence-electron chi connectivity index (χ4n) is 4.65. The summed E-state index contributed by atoms with van der Waals surface area (Å²) < 4.78 is 24.6. The molecule has 42 heavy (non-hydrogen) atoms. The number of esters is 1. The highest BCUT2D eigenvalue weighted by Crippen LogP contribution is 2.34. The Kier molecular flexibility index (Phi) is 12.2. The number of hydrogen-bond acceptors (Lipinski definition) is 6. The van der Waals surface area contributed by atoms with Gasteiger partial charge in [0, 0.05) is 29.5 Å². The Hall–Kier alpha value is -3.15. The first-order valence-corrected chi connectivity index (χ1v) is 16.2. The molecule has 9 nitrogen and oxygen atoms in total. The van der Waals surface area contributed by atoms with Crippen molar-refractivity contribution in [3.63, 3.8) is 0 Å². The van der Waals surface area contributed by atoms with Crippen LogP contribution in [0.4, 0.5) is 4.39 Å². The molecule has 0 aliphatic carbocycles. The fourth-order valence-corrected chi connectivity index (χ4v) is 7.54.